The summed E-state index contributed by atoms with van der Waals surface area (Å²) in [4.78, 5) is 23.2. The van der Waals surface area contributed by atoms with Crippen molar-refractivity contribution in [2.24, 2.45) is 5.92 Å². The zero-order valence-electron chi connectivity index (χ0n) is 14.1. The highest BCUT2D eigenvalue weighted by molar-refractivity contribution is 7.89. The molecule has 1 fully saturated rings. The number of ether oxygens (including phenoxy) is 1. The largest absolute Gasteiger partial charge is 0.497 e. The minimum atomic E-state index is -3.72. The van der Waals surface area contributed by atoms with Crippen LogP contribution in [0.15, 0.2) is 29.2 Å². The summed E-state index contributed by atoms with van der Waals surface area (Å²) in [7, 11) is -2.22. The number of methoxy groups -OCH3 is 1. The van der Waals surface area contributed by atoms with E-state index in [0.29, 0.717) is 25.1 Å². The summed E-state index contributed by atoms with van der Waals surface area (Å²) < 4.78 is 31.8. The number of carboxylic acid groups (broad SMARTS) is 1. The topological polar surface area (TPSA) is 113 Å². The second kappa shape index (κ2) is 7.83. The predicted octanol–water partition coefficient (Wildman–Crippen LogP) is 0.685. The van der Waals surface area contributed by atoms with Crippen LogP contribution in [0, 0.1) is 5.92 Å². The molecule has 1 aliphatic heterocycles. The standard InChI is InChI=1S/C16H22N2O6S/c1-11(16(20)21)17-15(19)12-4-3-9-18(10-12)25(22,23)14-7-5-13(24-2)6-8-14/h5-8,11-12H,3-4,9-10H2,1-2H3,(H,17,19)(H,20,21)/t11-,12?/m1/s1. The van der Waals surface area contributed by atoms with Gasteiger partial charge in [-0.2, -0.15) is 4.31 Å². The predicted molar refractivity (Wildman–Crippen MR) is 89.7 cm³/mol. The highest BCUT2D eigenvalue weighted by atomic mass is 32.2. The molecule has 2 atom stereocenters. The monoisotopic (exact) mass is 370 g/mol. The zero-order chi connectivity index (χ0) is 18.6. The fraction of sp³-hybridized carbons (Fsp3) is 0.500. The van der Waals surface area contributed by atoms with Crippen molar-refractivity contribution in [3.8, 4) is 5.75 Å². The molecule has 1 saturated heterocycles. The summed E-state index contributed by atoms with van der Waals surface area (Å²) >= 11 is 0. The summed E-state index contributed by atoms with van der Waals surface area (Å²) in [6.45, 7) is 1.73. The van der Waals surface area contributed by atoms with Gasteiger partial charge in [-0.15, -0.1) is 0 Å². The van der Waals surface area contributed by atoms with E-state index in [4.69, 9.17) is 9.84 Å². The van der Waals surface area contributed by atoms with Crippen LogP contribution in [0.25, 0.3) is 0 Å². The molecule has 0 aromatic heterocycles. The Morgan fingerprint density at radius 3 is 2.52 bits per heavy atom. The number of benzene rings is 1. The molecule has 0 spiro atoms. The van der Waals surface area contributed by atoms with Crippen LogP contribution in [-0.4, -0.2) is 55.9 Å². The molecule has 2 rings (SSSR count). The summed E-state index contributed by atoms with van der Waals surface area (Å²) in [5.74, 6) is -1.59. The van der Waals surface area contributed by atoms with Crippen molar-refractivity contribution in [1.82, 2.24) is 9.62 Å². The van der Waals surface area contributed by atoms with E-state index in [2.05, 4.69) is 5.32 Å². The molecule has 0 saturated carbocycles. The van der Waals surface area contributed by atoms with Gasteiger partial charge in [0.05, 0.1) is 17.9 Å². The van der Waals surface area contributed by atoms with E-state index in [9.17, 15) is 18.0 Å². The number of nitrogens with one attached hydrogen (secondary N) is 1. The molecule has 1 unspecified atom stereocenters. The Morgan fingerprint density at radius 1 is 1.32 bits per heavy atom. The minimum Gasteiger partial charge on any atom is -0.497 e. The van der Waals surface area contributed by atoms with E-state index < -0.39 is 33.9 Å². The Bertz CT molecular complexity index is 731. The van der Waals surface area contributed by atoms with E-state index in [1.165, 1.54) is 30.5 Å². The Labute approximate surface area is 146 Å². The molecule has 2 N–H and O–H groups in total. The van der Waals surface area contributed by atoms with Crippen molar-refractivity contribution in [2.75, 3.05) is 20.2 Å². The molecule has 0 aliphatic carbocycles. The van der Waals surface area contributed by atoms with Crippen molar-refractivity contribution in [1.29, 1.82) is 0 Å². The van der Waals surface area contributed by atoms with Crippen LogP contribution in [0.5, 0.6) is 5.75 Å². The van der Waals surface area contributed by atoms with Crippen molar-refractivity contribution in [2.45, 2.75) is 30.7 Å². The summed E-state index contributed by atoms with van der Waals surface area (Å²) in [5.41, 5.74) is 0. The molecule has 9 heteroatoms. The minimum absolute atomic E-state index is 0.0343. The Hall–Kier alpha value is -2.13. The van der Waals surface area contributed by atoms with Gasteiger partial charge in [0.1, 0.15) is 11.8 Å². The lowest BCUT2D eigenvalue weighted by Gasteiger charge is -2.31. The van der Waals surface area contributed by atoms with E-state index in [-0.39, 0.29) is 11.4 Å². The van der Waals surface area contributed by atoms with Crippen LogP contribution in [0.4, 0.5) is 0 Å². The SMILES string of the molecule is COc1ccc(S(=O)(=O)N2CCCC(C(=O)N[C@H](C)C(=O)O)C2)cc1. The maximum absolute atomic E-state index is 12.7. The first-order valence-corrected chi connectivity index (χ1v) is 9.37. The number of piperidine rings is 1. The van der Waals surface area contributed by atoms with Crippen LogP contribution in [0.3, 0.4) is 0 Å². The van der Waals surface area contributed by atoms with Gasteiger partial charge in [-0.3, -0.25) is 9.59 Å². The number of hydrogen-bond acceptors (Lipinski definition) is 5. The number of aliphatic carboxylic acids is 1. The number of carbonyl (C=O) groups is 2. The van der Waals surface area contributed by atoms with E-state index in [0.717, 1.165) is 0 Å². The molecule has 1 aromatic carbocycles. The van der Waals surface area contributed by atoms with Crippen LogP contribution in [0.2, 0.25) is 0 Å². The van der Waals surface area contributed by atoms with Gasteiger partial charge in [-0.25, -0.2) is 8.42 Å². The van der Waals surface area contributed by atoms with Crippen molar-refractivity contribution >= 4 is 21.9 Å². The number of carboxylic acids is 1. The first kappa shape index (κ1) is 19.2. The molecule has 0 radical (unpaired) electrons. The Kier molecular flexibility index (Phi) is 6.02. The van der Waals surface area contributed by atoms with Crippen molar-refractivity contribution in [3.05, 3.63) is 24.3 Å². The average molecular weight is 370 g/mol. The normalized spacial score (nSPS) is 19.8. The lowest BCUT2D eigenvalue weighted by Crippen LogP contribution is -2.48. The first-order valence-electron chi connectivity index (χ1n) is 7.93. The van der Waals surface area contributed by atoms with Gasteiger partial charge in [0.2, 0.25) is 15.9 Å². The number of rotatable bonds is 6. The Balaban J connectivity index is 2.11. The smallest absolute Gasteiger partial charge is 0.325 e. The summed E-state index contributed by atoms with van der Waals surface area (Å²) in [5, 5.41) is 11.3. The van der Waals surface area contributed by atoms with Gasteiger partial charge in [-0.1, -0.05) is 0 Å². The van der Waals surface area contributed by atoms with Gasteiger partial charge in [0.15, 0.2) is 0 Å². The Morgan fingerprint density at radius 2 is 1.96 bits per heavy atom. The van der Waals surface area contributed by atoms with Crippen molar-refractivity contribution in [3.63, 3.8) is 0 Å². The molecule has 0 bridgehead atoms. The molecule has 138 valence electrons. The van der Waals surface area contributed by atoms with Gasteiger partial charge in [0, 0.05) is 13.1 Å². The highest BCUT2D eigenvalue weighted by Crippen LogP contribution is 2.25. The maximum Gasteiger partial charge on any atom is 0.325 e. The molecule has 25 heavy (non-hydrogen) atoms. The van der Waals surface area contributed by atoms with Crippen LogP contribution >= 0.6 is 0 Å². The van der Waals surface area contributed by atoms with Gasteiger partial charge >= 0.3 is 5.97 Å². The van der Waals surface area contributed by atoms with E-state index >= 15 is 0 Å². The van der Waals surface area contributed by atoms with Gasteiger partial charge < -0.3 is 15.2 Å². The maximum atomic E-state index is 12.7. The molecule has 1 heterocycles. The first-order chi connectivity index (χ1) is 11.8. The fourth-order valence-electron chi connectivity index (χ4n) is 2.66. The third-order valence-electron chi connectivity index (χ3n) is 4.18. The number of carbonyl (C=O) groups excluding carboxylic acids is 1. The van der Waals surface area contributed by atoms with Gasteiger partial charge in [0.25, 0.3) is 0 Å². The lowest BCUT2D eigenvalue weighted by molar-refractivity contribution is -0.142. The number of nitrogens with zero attached hydrogens (tertiary/aromatic N) is 1. The van der Waals surface area contributed by atoms with E-state index in [1.54, 1.807) is 12.1 Å². The molecule has 1 aromatic rings. The second-order valence-electron chi connectivity index (χ2n) is 5.95. The fourth-order valence-corrected chi connectivity index (χ4v) is 4.19. The number of amides is 1. The quantitative estimate of drug-likeness (QED) is 0.762. The second-order valence-corrected chi connectivity index (χ2v) is 7.88. The number of sulfonamides is 1. The third-order valence-corrected chi connectivity index (χ3v) is 6.06. The summed E-state index contributed by atoms with van der Waals surface area (Å²) in [6, 6.07) is 5.04. The molecule has 1 amide bonds. The molecule has 1 aliphatic rings. The van der Waals surface area contributed by atoms with E-state index in [1.807, 2.05) is 0 Å². The van der Waals surface area contributed by atoms with Gasteiger partial charge in [-0.05, 0) is 44.0 Å². The van der Waals surface area contributed by atoms with Crippen LogP contribution in [-0.2, 0) is 19.6 Å². The number of hydrogen-bond donors (Lipinski definition) is 2. The average Bonchev–Trinajstić information content (AvgIpc) is 2.61. The third kappa shape index (κ3) is 4.49. The highest BCUT2D eigenvalue weighted by Gasteiger charge is 2.34. The lowest BCUT2D eigenvalue weighted by atomic mass is 9.98. The summed E-state index contributed by atoms with van der Waals surface area (Å²) in [6.07, 6.45) is 1.06. The molecule has 8 nitrogen and oxygen atoms in total. The molecular weight excluding hydrogens is 348 g/mol. The van der Waals surface area contributed by atoms with Crippen LogP contribution in [0.1, 0.15) is 19.8 Å². The molecular formula is C16H22N2O6S. The zero-order valence-corrected chi connectivity index (χ0v) is 15.0. The van der Waals surface area contributed by atoms with Crippen LogP contribution < -0.4 is 10.1 Å². The van der Waals surface area contributed by atoms with Crippen molar-refractivity contribution < 1.29 is 27.9 Å².